The van der Waals surface area contributed by atoms with E-state index in [0.717, 1.165) is 26.5 Å². The van der Waals surface area contributed by atoms with Crippen LogP contribution in [0.1, 0.15) is 5.69 Å². The highest BCUT2D eigenvalue weighted by molar-refractivity contribution is 8.03. The molecule has 5 rings (SSSR count). The molecule has 16 heteroatoms. The van der Waals surface area contributed by atoms with Crippen LogP contribution in [0.3, 0.4) is 0 Å². The second-order valence-electron chi connectivity index (χ2n) is 8.18. The fourth-order valence-electron chi connectivity index (χ4n) is 4.16. The van der Waals surface area contributed by atoms with Crippen molar-refractivity contribution in [3.63, 3.8) is 0 Å². The first kappa shape index (κ1) is 26.7. The highest BCUT2D eigenvalue weighted by Crippen LogP contribution is 2.39. The van der Waals surface area contributed by atoms with Crippen molar-refractivity contribution in [3.8, 4) is 0 Å². The number of carbonyl (C=O) groups is 3. The topological polar surface area (TPSA) is 151 Å². The first-order valence-corrected chi connectivity index (χ1v) is 14.0. The average molecular weight is 594 g/mol. The number of nitrogens with zero attached hydrogens (tertiary/aromatic N) is 4. The Bertz CT molecular complexity index is 1550. The Kier molecular flexibility index (Phi) is 7.58. The standard InChI is InChI=1S/C23H18F2N6O5S3/c24-22(25)36-29-15(12-9-39-23(26)27-12)18(32)28-16-13-10-38-14(17(21(34)35)31(13)19(16)33)4-2-7-30-6-1-3-11-5-8-37-20(11)30/h1-6,8-9,13,16,22H,7,10H2,(H3-,26,27,28,32,34,35)/p+1/b4-2+,29-15?. The molecule has 2 unspecified atom stereocenters. The van der Waals surface area contributed by atoms with E-state index in [4.69, 9.17) is 5.73 Å². The molecule has 202 valence electrons. The van der Waals surface area contributed by atoms with Crippen LogP contribution in [0.5, 0.6) is 0 Å². The summed E-state index contributed by atoms with van der Waals surface area (Å²) in [5, 5.41) is 20.0. The number of alkyl halides is 2. The number of hydrogen-bond donors (Lipinski definition) is 3. The lowest BCUT2D eigenvalue weighted by Gasteiger charge is -2.49. The van der Waals surface area contributed by atoms with Crippen molar-refractivity contribution in [1.82, 2.24) is 15.2 Å². The van der Waals surface area contributed by atoms with E-state index in [1.54, 1.807) is 17.4 Å². The van der Waals surface area contributed by atoms with Gasteiger partial charge >= 0.3 is 12.6 Å². The van der Waals surface area contributed by atoms with Crippen LogP contribution in [0.15, 0.2) is 63.1 Å². The molecule has 0 aromatic carbocycles. The fourth-order valence-corrected chi connectivity index (χ4v) is 6.80. The number of carboxylic acid groups (broad SMARTS) is 1. The third-order valence-corrected chi connectivity index (χ3v) is 8.63. The molecule has 1 saturated heterocycles. The molecule has 1 fully saturated rings. The molecule has 3 aromatic heterocycles. The van der Waals surface area contributed by atoms with Crippen LogP contribution in [-0.4, -0.2) is 62.9 Å². The number of fused-ring (bicyclic) bond motifs is 2. The number of rotatable bonds is 9. The number of halogens is 2. The minimum atomic E-state index is -3.29. The van der Waals surface area contributed by atoms with Crippen LogP contribution in [0.25, 0.3) is 10.2 Å². The van der Waals surface area contributed by atoms with Gasteiger partial charge in [-0.2, -0.15) is 13.3 Å². The van der Waals surface area contributed by atoms with Gasteiger partial charge in [0.05, 0.1) is 11.4 Å². The molecule has 4 N–H and O–H groups in total. The van der Waals surface area contributed by atoms with Crippen molar-refractivity contribution in [1.29, 1.82) is 0 Å². The molecule has 0 bridgehead atoms. The number of allylic oxidation sites excluding steroid dienone is 2. The van der Waals surface area contributed by atoms with Crippen LogP contribution in [0.2, 0.25) is 0 Å². The third kappa shape index (κ3) is 5.35. The predicted octanol–water partition coefficient (Wildman–Crippen LogP) is 2.17. The van der Waals surface area contributed by atoms with Crippen molar-refractivity contribution in [2.24, 2.45) is 5.16 Å². The summed E-state index contributed by atoms with van der Waals surface area (Å²) in [5.74, 6) is -2.63. The summed E-state index contributed by atoms with van der Waals surface area (Å²) in [6, 6.07) is 4.19. The molecule has 39 heavy (non-hydrogen) atoms. The van der Waals surface area contributed by atoms with E-state index in [-0.39, 0.29) is 16.5 Å². The summed E-state index contributed by atoms with van der Waals surface area (Å²) in [7, 11) is 0. The number of amides is 2. The van der Waals surface area contributed by atoms with Crippen LogP contribution in [0.4, 0.5) is 13.9 Å². The monoisotopic (exact) mass is 593 g/mol. The Balaban J connectivity index is 1.32. The van der Waals surface area contributed by atoms with Gasteiger partial charge in [0.2, 0.25) is 0 Å². The van der Waals surface area contributed by atoms with Gasteiger partial charge in [-0.1, -0.05) is 16.5 Å². The molecule has 2 atom stereocenters. The van der Waals surface area contributed by atoms with E-state index in [1.807, 2.05) is 40.4 Å². The second kappa shape index (κ2) is 11.1. The van der Waals surface area contributed by atoms with E-state index in [0.29, 0.717) is 17.2 Å². The van der Waals surface area contributed by atoms with Crippen molar-refractivity contribution >= 4 is 73.3 Å². The average Bonchev–Trinajstić information content (AvgIpc) is 3.56. The molecule has 2 aliphatic heterocycles. The van der Waals surface area contributed by atoms with Gasteiger partial charge in [0.1, 0.15) is 17.4 Å². The van der Waals surface area contributed by atoms with E-state index < -0.39 is 42.2 Å². The summed E-state index contributed by atoms with van der Waals surface area (Å²) in [6.45, 7) is -2.79. The first-order chi connectivity index (χ1) is 18.7. The molecular weight excluding hydrogens is 574 g/mol. The number of pyridine rings is 1. The number of thiophene rings is 1. The molecule has 0 aliphatic carbocycles. The molecule has 2 amide bonds. The number of nitrogens with two attached hydrogens (primary N) is 1. The van der Waals surface area contributed by atoms with Crippen molar-refractivity contribution in [3.05, 3.63) is 63.6 Å². The Hall–Kier alpha value is -3.89. The van der Waals surface area contributed by atoms with Crippen LogP contribution in [0, 0.1) is 0 Å². The number of nitrogens with one attached hydrogen (secondary N) is 1. The molecule has 0 saturated carbocycles. The summed E-state index contributed by atoms with van der Waals surface area (Å²) in [4.78, 5) is 48.4. The van der Waals surface area contributed by atoms with Crippen molar-refractivity contribution in [2.45, 2.75) is 25.2 Å². The summed E-state index contributed by atoms with van der Waals surface area (Å²) < 4.78 is 27.2. The zero-order valence-corrected chi connectivity index (χ0v) is 22.1. The number of aromatic nitrogens is 2. The van der Waals surface area contributed by atoms with Gasteiger partial charge in [-0.3, -0.25) is 14.5 Å². The number of carboxylic acids is 1. The lowest BCUT2D eigenvalue weighted by Crippen LogP contribution is -2.73. The summed E-state index contributed by atoms with van der Waals surface area (Å²) >= 11 is 3.79. The Morgan fingerprint density at radius 3 is 2.92 bits per heavy atom. The van der Waals surface area contributed by atoms with E-state index >= 15 is 0 Å². The Labute approximate surface area is 231 Å². The number of β-lactam (4-membered cyclic amide) rings is 1. The number of hydrogen-bond acceptors (Lipinski definition) is 10. The van der Waals surface area contributed by atoms with Gasteiger partial charge in [-0.25, -0.2) is 9.78 Å². The van der Waals surface area contributed by atoms with Gasteiger partial charge in [0.25, 0.3) is 16.6 Å². The fraction of sp³-hybridized carbons (Fsp3) is 0.217. The van der Waals surface area contributed by atoms with Gasteiger partial charge < -0.3 is 21.0 Å². The summed E-state index contributed by atoms with van der Waals surface area (Å²) in [6.07, 6.45) is 5.41. The number of nitrogen functional groups attached to an aromatic ring is 1. The number of thioether (sulfide) groups is 1. The number of oxime groups is 1. The Morgan fingerprint density at radius 2 is 2.21 bits per heavy atom. The smallest absolute Gasteiger partial charge is 0.407 e. The molecule has 0 radical (unpaired) electrons. The highest BCUT2D eigenvalue weighted by atomic mass is 32.2. The minimum Gasteiger partial charge on any atom is -0.477 e. The largest absolute Gasteiger partial charge is 0.477 e. The van der Waals surface area contributed by atoms with E-state index in [1.165, 1.54) is 17.1 Å². The van der Waals surface area contributed by atoms with E-state index in [2.05, 4.69) is 20.3 Å². The SMILES string of the molecule is Nc1nc(C(=NOC(F)F)C(=O)NC2C(=O)N3C(C(=O)O)=C(/C=C/C[n+]4cccc5ccsc54)SCC23)cs1. The second-order valence-corrected chi connectivity index (χ2v) is 11.0. The lowest BCUT2D eigenvalue weighted by molar-refractivity contribution is -0.658. The van der Waals surface area contributed by atoms with Gasteiger partial charge in [0, 0.05) is 22.1 Å². The van der Waals surface area contributed by atoms with Gasteiger partial charge in [-0.05, 0) is 29.7 Å². The molecular formula is C23H19F2N6O5S3+. The van der Waals surface area contributed by atoms with Crippen LogP contribution >= 0.6 is 34.4 Å². The summed E-state index contributed by atoms with van der Waals surface area (Å²) in [5.41, 5.74) is 4.68. The molecule has 11 nitrogen and oxygen atoms in total. The normalized spacial score (nSPS) is 19.5. The molecule has 2 aliphatic rings. The molecule has 5 heterocycles. The number of anilines is 1. The van der Waals surface area contributed by atoms with Crippen LogP contribution in [-0.2, 0) is 25.8 Å². The molecule has 3 aromatic rings. The maximum absolute atomic E-state index is 13.0. The number of carbonyl (C=O) groups excluding carboxylic acids is 2. The highest BCUT2D eigenvalue weighted by Gasteiger charge is 2.54. The predicted molar refractivity (Wildman–Crippen MR) is 141 cm³/mol. The Morgan fingerprint density at radius 1 is 1.38 bits per heavy atom. The van der Waals surface area contributed by atoms with Gasteiger partial charge in [0.15, 0.2) is 23.6 Å². The van der Waals surface area contributed by atoms with Crippen LogP contribution < -0.4 is 15.6 Å². The van der Waals surface area contributed by atoms with Gasteiger partial charge in [-0.15, -0.1) is 23.1 Å². The third-order valence-electron chi connectivity index (χ3n) is 5.84. The maximum Gasteiger partial charge on any atom is 0.407 e. The van der Waals surface area contributed by atoms with Crippen molar-refractivity contribution in [2.75, 3.05) is 11.5 Å². The van der Waals surface area contributed by atoms with Crippen molar-refractivity contribution < 1.29 is 37.7 Å². The quantitative estimate of drug-likeness (QED) is 0.148. The number of aliphatic carboxylic acids is 1. The maximum atomic E-state index is 13.0. The minimum absolute atomic E-state index is 0.0689. The number of thiazole rings is 1. The van der Waals surface area contributed by atoms with E-state index in [9.17, 15) is 28.3 Å². The zero-order valence-electron chi connectivity index (χ0n) is 19.7. The lowest BCUT2D eigenvalue weighted by atomic mass is 9.94. The zero-order chi connectivity index (χ0) is 27.7. The molecule has 0 spiro atoms. The first-order valence-electron chi connectivity index (χ1n) is 11.2.